The number of nitrogens with zero attached hydrogens (tertiary/aromatic N) is 2. The van der Waals surface area contributed by atoms with Gasteiger partial charge in [-0.15, -0.1) is 0 Å². The normalized spacial score (nSPS) is 16.7. The standard InChI is InChI=1S/C26H30N2/c1-19(2)26(22(5)28(6)18-23-12-8-7-9-13-23)25(21(4)17-27)16-20(3)24-14-10-11-15-24/h8,10-14,16H,1,3-4,7,9,15,18H2,2,5-6H3/b25-16-,26-22+. The molecule has 0 spiro atoms. The van der Waals surface area contributed by atoms with E-state index >= 15 is 0 Å². The summed E-state index contributed by atoms with van der Waals surface area (Å²) in [6.45, 7) is 17.3. The highest BCUT2D eigenvalue weighted by molar-refractivity contribution is 5.63. The third-order valence-corrected chi connectivity index (χ3v) is 5.08. The summed E-state index contributed by atoms with van der Waals surface area (Å²) >= 11 is 0. The lowest BCUT2D eigenvalue weighted by Crippen LogP contribution is -2.21. The van der Waals surface area contributed by atoms with Gasteiger partial charge < -0.3 is 4.90 Å². The Morgan fingerprint density at radius 3 is 2.50 bits per heavy atom. The van der Waals surface area contributed by atoms with Crippen molar-refractivity contribution in [1.29, 1.82) is 5.26 Å². The Morgan fingerprint density at radius 1 is 1.21 bits per heavy atom. The van der Waals surface area contributed by atoms with E-state index in [1.807, 2.05) is 19.1 Å². The first-order valence-electron chi connectivity index (χ1n) is 9.65. The lowest BCUT2D eigenvalue weighted by Gasteiger charge is -2.26. The highest BCUT2D eigenvalue weighted by atomic mass is 15.1. The van der Waals surface area contributed by atoms with E-state index in [2.05, 4.69) is 75.1 Å². The fourth-order valence-electron chi connectivity index (χ4n) is 3.42. The van der Waals surface area contributed by atoms with Crippen LogP contribution < -0.4 is 0 Å². The Labute approximate surface area is 170 Å². The van der Waals surface area contributed by atoms with Gasteiger partial charge in [0.05, 0.1) is 11.6 Å². The van der Waals surface area contributed by atoms with Crippen molar-refractivity contribution in [3.8, 4) is 6.07 Å². The third-order valence-electron chi connectivity index (χ3n) is 5.08. The van der Waals surface area contributed by atoms with E-state index in [1.54, 1.807) is 0 Å². The second-order valence-corrected chi connectivity index (χ2v) is 7.35. The van der Waals surface area contributed by atoms with Crippen LogP contribution in [0.3, 0.4) is 0 Å². The smallest absolute Gasteiger partial charge is 0.0991 e. The zero-order valence-electron chi connectivity index (χ0n) is 17.4. The van der Waals surface area contributed by atoms with E-state index < -0.39 is 0 Å². The number of hydrogen-bond donors (Lipinski definition) is 0. The molecule has 0 aliphatic heterocycles. The van der Waals surface area contributed by atoms with E-state index in [9.17, 15) is 5.26 Å². The fourth-order valence-corrected chi connectivity index (χ4v) is 3.42. The Morgan fingerprint density at radius 2 is 1.96 bits per heavy atom. The quantitative estimate of drug-likeness (QED) is 0.360. The average Bonchev–Trinajstić information content (AvgIpc) is 3.22. The molecule has 2 nitrogen and oxygen atoms in total. The molecule has 2 aliphatic carbocycles. The molecule has 0 saturated heterocycles. The largest absolute Gasteiger partial charge is 0.373 e. The van der Waals surface area contributed by atoms with Crippen molar-refractivity contribution in [2.45, 2.75) is 33.1 Å². The van der Waals surface area contributed by atoms with E-state index in [0.717, 1.165) is 59.4 Å². The molecule has 0 aromatic carbocycles. The summed E-state index contributed by atoms with van der Waals surface area (Å²) in [5.41, 5.74) is 7.54. The Hall–Kier alpha value is -3.05. The van der Waals surface area contributed by atoms with Crippen LogP contribution in [0, 0.1) is 11.3 Å². The first-order valence-corrected chi connectivity index (χ1v) is 9.65. The van der Waals surface area contributed by atoms with Gasteiger partial charge in [-0.25, -0.2) is 0 Å². The van der Waals surface area contributed by atoms with Crippen LogP contribution >= 0.6 is 0 Å². The Balaban J connectivity index is 2.43. The van der Waals surface area contributed by atoms with Gasteiger partial charge in [-0.05, 0) is 61.5 Å². The Bertz CT molecular complexity index is 905. The first-order chi connectivity index (χ1) is 13.3. The van der Waals surface area contributed by atoms with E-state index in [1.165, 1.54) is 5.57 Å². The maximum absolute atomic E-state index is 9.56. The fraction of sp³-hybridized carbons (Fsp3) is 0.269. The van der Waals surface area contributed by atoms with Gasteiger partial charge in [0, 0.05) is 30.4 Å². The van der Waals surface area contributed by atoms with Crippen LogP contribution in [0.4, 0.5) is 0 Å². The molecule has 28 heavy (non-hydrogen) atoms. The minimum absolute atomic E-state index is 0.426. The van der Waals surface area contributed by atoms with Crippen molar-refractivity contribution in [2.75, 3.05) is 13.6 Å². The van der Waals surface area contributed by atoms with Gasteiger partial charge in [0.1, 0.15) is 0 Å². The molecule has 0 aromatic rings. The summed E-state index contributed by atoms with van der Waals surface area (Å²) in [6.07, 6.45) is 18.0. The van der Waals surface area contributed by atoms with Gasteiger partial charge in [-0.2, -0.15) is 5.26 Å². The van der Waals surface area contributed by atoms with Crippen molar-refractivity contribution < 1.29 is 0 Å². The predicted molar refractivity (Wildman–Crippen MR) is 120 cm³/mol. The molecular formula is C26H30N2. The average molecular weight is 371 g/mol. The maximum atomic E-state index is 9.56. The van der Waals surface area contributed by atoms with Crippen molar-refractivity contribution in [1.82, 2.24) is 4.90 Å². The third kappa shape index (κ3) is 5.24. The van der Waals surface area contributed by atoms with Crippen LogP contribution in [0.2, 0.25) is 0 Å². The second kappa shape index (κ2) is 9.76. The minimum Gasteiger partial charge on any atom is -0.373 e. The van der Waals surface area contributed by atoms with Crippen LogP contribution in [0.1, 0.15) is 33.1 Å². The number of allylic oxidation sites excluding steroid dienone is 13. The molecule has 0 fully saturated rings. The number of nitriles is 1. The van der Waals surface area contributed by atoms with Gasteiger partial charge in [0.2, 0.25) is 0 Å². The zero-order valence-corrected chi connectivity index (χ0v) is 17.4. The molecule has 144 valence electrons. The monoisotopic (exact) mass is 370 g/mol. The van der Waals surface area contributed by atoms with E-state index in [-0.39, 0.29) is 0 Å². The lowest BCUT2D eigenvalue weighted by molar-refractivity contribution is 0.453. The van der Waals surface area contributed by atoms with Crippen LogP contribution in [-0.2, 0) is 0 Å². The summed E-state index contributed by atoms with van der Waals surface area (Å²) in [4.78, 5) is 2.21. The molecule has 0 bridgehead atoms. The van der Waals surface area contributed by atoms with Gasteiger partial charge in [0.25, 0.3) is 0 Å². The number of likely N-dealkylation sites (N-methyl/N-ethyl adjacent to an activating group) is 1. The summed E-state index contributed by atoms with van der Waals surface area (Å²) < 4.78 is 0. The zero-order chi connectivity index (χ0) is 20.7. The summed E-state index contributed by atoms with van der Waals surface area (Å²) in [6, 6.07) is 2.22. The molecule has 0 amide bonds. The summed E-state index contributed by atoms with van der Waals surface area (Å²) in [7, 11) is 2.08. The second-order valence-electron chi connectivity index (χ2n) is 7.35. The van der Waals surface area contributed by atoms with E-state index in [4.69, 9.17) is 0 Å². The molecule has 0 saturated carbocycles. The van der Waals surface area contributed by atoms with Crippen LogP contribution in [0.15, 0.2) is 107 Å². The SMILES string of the molecule is C=C(/C=C(C(=C)C#N)\C(C(=C)C)=C(/C)N(C)CC1=CCCC=C1)C1=CC=CC1. The topological polar surface area (TPSA) is 27.0 Å². The van der Waals surface area contributed by atoms with Crippen molar-refractivity contribution in [3.05, 3.63) is 107 Å². The molecule has 0 heterocycles. The van der Waals surface area contributed by atoms with Gasteiger partial charge in [0.15, 0.2) is 0 Å². The molecule has 0 unspecified atom stereocenters. The maximum Gasteiger partial charge on any atom is 0.0991 e. The minimum atomic E-state index is 0.426. The molecule has 2 heteroatoms. The number of hydrogen-bond acceptors (Lipinski definition) is 2. The van der Waals surface area contributed by atoms with Crippen LogP contribution in [0.25, 0.3) is 0 Å². The molecular weight excluding hydrogens is 340 g/mol. The number of rotatable bonds is 8. The predicted octanol–water partition coefficient (Wildman–Crippen LogP) is 6.49. The van der Waals surface area contributed by atoms with Crippen molar-refractivity contribution in [3.63, 3.8) is 0 Å². The molecule has 0 atom stereocenters. The summed E-state index contributed by atoms with van der Waals surface area (Å²) in [5.74, 6) is 0. The molecule has 0 radical (unpaired) electrons. The Kier molecular flexibility index (Phi) is 7.41. The first kappa shape index (κ1) is 21.3. The summed E-state index contributed by atoms with van der Waals surface area (Å²) in [5, 5.41) is 9.56. The van der Waals surface area contributed by atoms with Crippen LogP contribution in [0.5, 0.6) is 0 Å². The van der Waals surface area contributed by atoms with Crippen molar-refractivity contribution >= 4 is 0 Å². The highest BCUT2D eigenvalue weighted by Crippen LogP contribution is 2.31. The van der Waals surface area contributed by atoms with Gasteiger partial charge >= 0.3 is 0 Å². The highest BCUT2D eigenvalue weighted by Gasteiger charge is 2.17. The molecule has 0 N–H and O–H groups in total. The van der Waals surface area contributed by atoms with E-state index in [0.29, 0.717) is 5.57 Å². The molecule has 2 rings (SSSR count). The van der Waals surface area contributed by atoms with Gasteiger partial charge in [-0.3, -0.25) is 0 Å². The van der Waals surface area contributed by atoms with Crippen LogP contribution in [-0.4, -0.2) is 18.5 Å². The van der Waals surface area contributed by atoms with Gasteiger partial charge in [-0.1, -0.05) is 56.2 Å². The molecule has 2 aliphatic rings. The molecule has 0 aromatic heterocycles. The van der Waals surface area contributed by atoms with Crippen molar-refractivity contribution in [2.24, 2.45) is 0 Å². The lowest BCUT2D eigenvalue weighted by atomic mass is 9.90.